The van der Waals surface area contributed by atoms with Crippen LogP contribution in [0.4, 0.5) is 0 Å². The lowest BCUT2D eigenvalue weighted by Gasteiger charge is -2.09. The average molecular weight is 298 g/mol. The van der Waals surface area contributed by atoms with E-state index in [4.69, 9.17) is 9.52 Å². The summed E-state index contributed by atoms with van der Waals surface area (Å²) >= 11 is 0. The van der Waals surface area contributed by atoms with Gasteiger partial charge in [0.2, 0.25) is 5.43 Å². The Kier molecular flexibility index (Phi) is 3.42. The minimum absolute atomic E-state index is 0.224. The molecular weight excluding hydrogens is 284 g/mol. The van der Waals surface area contributed by atoms with Crippen molar-refractivity contribution in [1.82, 2.24) is 0 Å². The zero-order valence-electron chi connectivity index (χ0n) is 11.9. The number of aliphatic carboxylic acids is 1. The molecule has 112 valence electrons. The molecule has 0 spiro atoms. The van der Waals surface area contributed by atoms with E-state index in [-0.39, 0.29) is 24.0 Å². The topological polar surface area (TPSA) is 87.7 Å². The van der Waals surface area contributed by atoms with Crippen LogP contribution in [0.25, 0.3) is 21.9 Å². The molecular formula is C17H14O5. The Balaban J connectivity index is 2.48. The molecule has 0 aliphatic heterocycles. The molecule has 5 nitrogen and oxygen atoms in total. The SMILES string of the molecule is Cc1ccc2c(=O)c3cccc(CC(=O)O)c3oc2c1CO. The number of aryl methyl sites for hydroxylation is 1. The number of carbonyl (C=O) groups is 1. The number of hydrogen-bond donors (Lipinski definition) is 2. The van der Waals surface area contributed by atoms with E-state index in [1.54, 1.807) is 30.3 Å². The summed E-state index contributed by atoms with van der Waals surface area (Å²) in [5.74, 6) is -0.998. The predicted octanol–water partition coefficient (Wildman–Crippen LogP) is 2.37. The van der Waals surface area contributed by atoms with Crippen LogP contribution in [0.2, 0.25) is 0 Å². The lowest BCUT2D eigenvalue weighted by atomic mass is 10.0. The van der Waals surface area contributed by atoms with Gasteiger partial charge in [0.1, 0.15) is 11.2 Å². The maximum Gasteiger partial charge on any atom is 0.307 e. The van der Waals surface area contributed by atoms with Crippen LogP contribution in [0.1, 0.15) is 16.7 Å². The van der Waals surface area contributed by atoms with Gasteiger partial charge in [-0.2, -0.15) is 0 Å². The summed E-state index contributed by atoms with van der Waals surface area (Å²) in [6, 6.07) is 8.31. The van der Waals surface area contributed by atoms with E-state index in [9.17, 15) is 14.7 Å². The average Bonchev–Trinajstić information content (AvgIpc) is 2.48. The molecule has 2 N–H and O–H groups in total. The zero-order chi connectivity index (χ0) is 15.9. The first-order valence-corrected chi connectivity index (χ1v) is 6.82. The first kappa shape index (κ1) is 14.3. The number of benzene rings is 2. The molecule has 2 aromatic carbocycles. The molecule has 3 aromatic rings. The maximum atomic E-state index is 12.6. The van der Waals surface area contributed by atoms with Crippen LogP contribution in [-0.2, 0) is 17.8 Å². The third kappa shape index (κ3) is 2.16. The van der Waals surface area contributed by atoms with Crippen molar-refractivity contribution in [2.45, 2.75) is 20.0 Å². The third-order valence-electron chi connectivity index (χ3n) is 3.78. The van der Waals surface area contributed by atoms with E-state index < -0.39 is 5.97 Å². The summed E-state index contributed by atoms with van der Waals surface area (Å²) in [7, 11) is 0. The minimum atomic E-state index is -0.998. The van der Waals surface area contributed by atoms with Crippen LogP contribution in [0, 0.1) is 6.92 Å². The van der Waals surface area contributed by atoms with Crippen LogP contribution in [-0.4, -0.2) is 16.2 Å². The van der Waals surface area contributed by atoms with Crippen molar-refractivity contribution in [3.05, 3.63) is 57.2 Å². The van der Waals surface area contributed by atoms with Crippen molar-refractivity contribution in [2.75, 3.05) is 0 Å². The second-order valence-corrected chi connectivity index (χ2v) is 5.19. The number of carboxylic acids is 1. The van der Waals surface area contributed by atoms with Gasteiger partial charge in [-0.05, 0) is 24.6 Å². The molecule has 0 radical (unpaired) electrons. The Morgan fingerprint density at radius 1 is 1.14 bits per heavy atom. The first-order valence-electron chi connectivity index (χ1n) is 6.82. The Hall–Kier alpha value is -2.66. The van der Waals surface area contributed by atoms with Crippen molar-refractivity contribution < 1.29 is 19.4 Å². The lowest BCUT2D eigenvalue weighted by Crippen LogP contribution is -2.07. The fourth-order valence-corrected chi connectivity index (χ4v) is 2.65. The number of aliphatic hydroxyl groups excluding tert-OH is 1. The van der Waals surface area contributed by atoms with Gasteiger partial charge >= 0.3 is 5.97 Å². The molecule has 0 bridgehead atoms. The number of aliphatic hydroxyl groups is 1. The van der Waals surface area contributed by atoms with Crippen molar-refractivity contribution in [1.29, 1.82) is 0 Å². The Morgan fingerprint density at radius 3 is 2.55 bits per heavy atom. The largest absolute Gasteiger partial charge is 0.481 e. The molecule has 22 heavy (non-hydrogen) atoms. The zero-order valence-corrected chi connectivity index (χ0v) is 11.9. The minimum Gasteiger partial charge on any atom is -0.481 e. The highest BCUT2D eigenvalue weighted by Gasteiger charge is 2.15. The van der Waals surface area contributed by atoms with Crippen molar-refractivity contribution in [3.8, 4) is 0 Å². The normalized spacial score (nSPS) is 11.2. The standard InChI is InChI=1S/C17H14O5/c1-9-5-6-12-15(21)11-4-2-3-10(7-14(19)20)16(11)22-17(12)13(9)8-18/h2-6,18H,7-8H2,1H3,(H,19,20). The lowest BCUT2D eigenvalue weighted by molar-refractivity contribution is -0.136. The second kappa shape index (κ2) is 5.27. The van der Waals surface area contributed by atoms with E-state index in [1.807, 2.05) is 6.92 Å². The van der Waals surface area contributed by atoms with Crippen LogP contribution < -0.4 is 5.43 Å². The van der Waals surface area contributed by atoms with Crippen LogP contribution >= 0.6 is 0 Å². The van der Waals surface area contributed by atoms with Crippen molar-refractivity contribution in [3.63, 3.8) is 0 Å². The van der Waals surface area contributed by atoms with Crippen LogP contribution in [0.3, 0.4) is 0 Å². The van der Waals surface area contributed by atoms with Gasteiger partial charge in [0.15, 0.2) is 0 Å². The first-order chi connectivity index (χ1) is 10.5. The van der Waals surface area contributed by atoms with Gasteiger partial charge in [-0.1, -0.05) is 18.2 Å². The van der Waals surface area contributed by atoms with E-state index >= 15 is 0 Å². The highest BCUT2D eigenvalue weighted by atomic mass is 16.4. The van der Waals surface area contributed by atoms with Gasteiger partial charge < -0.3 is 14.6 Å². The van der Waals surface area contributed by atoms with Crippen LogP contribution in [0.15, 0.2) is 39.5 Å². The molecule has 3 rings (SSSR count). The number of hydrogen-bond acceptors (Lipinski definition) is 4. The summed E-state index contributed by atoms with van der Waals surface area (Å²) in [6.45, 7) is 1.57. The van der Waals surface area contributed by atoms with Gasteiger partial charge in [0.25, 0.3) is 0 Å². The Bertz CT molecular complexity index is 953. The molecule has 0 amide bonds. The van der Waals surface area contributed by atoms with Crippen LogP contribution in [0.5, 0.6) is 0 Å². The van der Waals surface area contributed by atoms with Crippen molar-refractivity contribution >= 4 is 27.9 Å². The number of para-hydroxylation sites is 1. The molecule has 5 heteroatoms. The molecule has 1 heterocycles. The van der Waals surface area contributed by atoms with E-state index in [0.29, 0.717) is 27.5 Å². The van der Waals surface area contributed by atoms with Gasteiger partial charge in [-0.25, -0.2) is 0 Å². The summed E-state index contributed by atoms with van der Waals surface area (Å²) in [5, 5.41) is 19.3. The maximum absolute atomic E-state index is 12.6. The van der Waals surface area contributed by atoms with Gasteiger partial charge in [-0.15, -0.1) is 0 Å². The molecule has 0 fully saturated rings. The number of fused-ring (bicyclic) bond motifs is 2. The highest BCUT2D eigenvalue weighted by molar-refractivity contribution is 5.93. The molecule has 0 atom stereocenters. The number of rotatable bonds is 3. The molecule has 0 unspecified atom stereocenters. The Labute approximate surface area is 125 Å². The third-order valence-corrected chi connectivity index (χ3v) is 3.78. The fraction of sp³-hybridized carbons (Fsp3) is 0.176. The number of carboxylic acid groups (broad SMARTS) is 1. The second-order valence-electron chi connectivity index (χ2n) is 5.19. The van der Waals surface area contributed by atoms with Gasteiger partial charge in [0.05, 0.1) is 23.8 Å². The summed E-state index contributed by atoms with van der Waals surface area (Å²) in [4.78, 5) is 23.6. The van der Waals surface area contributed by atoms with E-state index in [1.165, 1.54) is 0 Å². The van der Waals surface area contributed by atoms with Gasteiger partial charge in [0, 0.05) is 11.1 Å². The quantitative estimate of drug-likeness (QED) is 0.725. The van der Waals surface area contributed by atoms with E-state index in [0.717, 1.165) is 5.56 Å². The molecule has 0 aliphatic rings. The summed E-state index contributed by atoms with van der Waals surface area (Å²) in [5.41, 5.74) is 2.16. The monoisotopic (exact) mass is 298 g/mol. The predicted molar refractivity (Wildman–Crippen MR) is 82.0 cm³/mol. The Morgan fingerprint density at radius 2 is 1.86 bits per heavy atom. The summed E-state index contributed by atoms with van der Waals surface area (Å²) < 4.78 is 5.84. The highest BCUT2D eigenvalue weighted by Crippen LogP contribution is 2.26. The van der Waals surface area contributed by atoms with Crippen molar-refractivity contribution in [2.24, 2.45) is 0 Å². The molecule has 0 saturated heterocycles. The molecule has 0 saturated carbocycles. The van der Waals surface area contributed by atoms with Gasteiger partial charge in [-0.3, -0.25) is 9.59 Å². The molecule has 1 aromatic heterocycles. The fourth-order valence-electron chi connectivity index (χ4n) is 2.65. The van der Waals surface area contributed by atoms with E-state index in [2.05, 4.69) is 0 Å². The molecule has 0 aliphatic carbocycles. The smallest absolute Gasteiger partial charge is 0.307 e. The summed E-state index contributed by atoms with van der Waals surface area (Å²) in [6.07, 6.45) is -0.230.